The Hall–Kier alpha value is -1.37. The Balaban J connectivity index is 0.000000711. The predicted octanol–water partition coefficient (Wildman–Crippen LogP) is 5.02. The number of hydrogen-bond acceptors (Lipinski definition) is 1. The molecule has 1 nitrogen and oxygen atoms in total. The molecule has 1 aromatic heterocycles. The van der Waals surface area contributed by atoms with E-state index in [-0.39, 0.29) is 7.43 Å². The highest BCUT2D eigenvalue weighted by Crippen LogP contribution is 2.16. The van der Waals surface area contributed by atoms with Crippen molar-refractivity contribution < 1.29 is 0 Å². The molecule has 16 heavy (non-hydrogen) atoms. The third kappa shape index (κ3) is 3.34. The van der Waals surface area contributed by atoms with Gasteiger partial charge in [-0.25, -0.2) is 0 Å². The first-order valence-corrected chi connectivity index (χ1v) is 5.63. The highest BCUT2D eigenvalue weighted by atomic mass is 14.7. The van der Waals surface area contributed by atoms with Crippen LogP contribution in [0.5, 0.6) is 0 Å². The maximum absolute atomic E-state index is 4.57. The number of rotatable bonds is 1. The van der Waals surface area contributed by atoms with Crippen molar-refractivity contribution in [2.24, 2.45) is 0 Å². The van der Waals surface area contributed by atoms with Crippen molar-refractivity contribution in [3.8, 4) is 0 Å². The molecule has 0 unspecified atom stereocenters. The van der Waals surface area contributed by atoms with Gasteiger partial charge in [0, 0.05) is 11.1 Å². The third-order valence-corrected chi connectivity index (χ3v) is 2.21. The number of hydrogen-bond donors (Lipinski definition) is 0. The van der Waals surface area contributed by atoms with Gasteiger partial charge in [-0.05, 0) is 18.1 Å². The fourth-order valence-electron chi connectivity index (χ4n) is 1.40. The lowest BCUT2D eigenvalue weighted by Gasteiger charge is -2.04. The standard InChI is InChI=1S/C12H13N.C2H6.CH4/c1-9(2)11-8-7-10-5-3-4-6-12(10)13-11;1-2;/h3-9H,1-2H3;1-2H3;1H4. The Kier molecular flexibility index (Phi) is 6.40. The zero-order chi connectivity index (χ0) is 11.3. The van der Waals surface area contributed by atoms with E-state index < -0.39 is 0 Å². The van der Waals surface area contributed by atoms with Crippen LogP contribution in [0.15, 0.2) is 36.4 Å². The summed E-state index contributed by atoms with van der Waals surface area (Å²) in [6, 6.07) is 12.5. The van der Waals surface area contributed by atoms with Gasteiger partial charge in [-0.2, -0.15) is 0 Å². The summed E-state index contributed by atoms with van der Waals surface area (Å²) in [5, 5.41) is 1.21. The lowest BCUT2D eigenvalue weighted by Crippen LogP contribution is -1.91. The van der Waals surface area contributed by atoms with Crippen LogP contribution in [-0.2, 0) is 0 Å². The molecule has 2 aromatic rings. The smallest absolute Gasteiger partial charge is 0.0705 e. The lowest BCUT2D eigenvalue weighted by molar-refractivity contribution is 0.830. The zero-order valence-corrected chi connectivity index (χ0v) is 9.99. The van der Waals surface area contributed by atoms with Crippen LogP contribution in [0.3, 0.4) is 0 Å². The molecule has 2 rings (SSSR count). The molecule has 0 atom stereocenters. The average molecular weight is 217 g/mol. The highest BCUT2D eigenvalue weighted by Gasteiger charge is 2.00. The van der Waals surface area contributed by atoms with Gasteiger partial charge in [0.05, 0.1) is 5.52 Å². The van der Waals surface area contributed by atoms with Gasteiger partial charge in [-0.15, -0.1) is 0 Å². The molecular weight excluding hydrogens is 194 g/mol. The van der Waals surface area contributed by atoms with Gasteiger partial charge in [0.2, 0.25) is 0 Å². The van der Waals surface area contributed by atoms with Gasteiger partial charge in [-0.3, -0.25) is 4.98 Å². The second-order valence-corrected chi connectivity index (χ2v) is 3.58. The normalized spacial score (nSPS) is 9.31. The largest absolute Gasteiger partial charge is 0.253 e. The number of fused-ring (bicyclic) bond motifs is 1. The summed E-state index contributed by atoms with van der Waals surface area (Å²) in [5.41, 5.74) is 2.26. The minimum Gasteiger partial charge on any atom is -0.253 e. The molecule has 1 heterocycles. The number of nitrogens with zero attached hydrogens (tertiary/aromatic N) is 1. The van der Waals surface area contributed by atoms with Gasteiger partial charge in [0.25, 0.3) is 0 Å². The Bertz CT molecular complexity index is 418. The zero-order valence-electron chi connectivity index (χ0n) is 9.99. The Morgan fingerprint density at radius 2 is 1.56 bits per heavy atom. The first-order chi connectivity index (χ1) is 7.27. The van der Waals surface area contributed by atoms with E-state index >= 15 is 0 Å². The summed E-state index contributed by atoms with van der Waals surface area (Å²) in [5.74, 6) is 0.504. The average Bonchev–Trinajstić information content (AvgIpc) is 2.31. The van der Waals surface area contributed by atoms with E-state index in [0.717, 1.165) is 5.52 Å². The Morgan fingerprint density at radius 1 is 0.938 bits per heavy atom. The summed E-state index contributed by atoms with van der Waals surface area (Å²) >= 11 is 0. The van der Waals surface area contributed by atoms with E-state index in [9.17, 15) is 0 Å². The molecule has 0 saturated heterocycles. The summed E-state index contributed by atoms with van der Waals surface area (Å²) in [7, 11) is 0. The molecule has 0 aliphatic heterocycles. The molecule has 0 radical (unpaired) electrons. The first kappa shape index (κ1) is 14.6. The van der Waals surface area contributed by atoms with Crippen molar-refractivity contribution >= 4 is 10.9 Å². The number of benzene rings is 1. The quantitative estimate of drug-likeness (QED) is 0.653. The fraction of sp³-hybridized carbons (Fsp3) is 0.400. The van der Waals surface area contributed by atoms with Crippen LogP contribution < -0.4 is 0 Å². The molecule has 0 fully saturated rings. The predicted molar refractivity (Wildman–Crippen MR) is 73.9 cm³/mol. The molecule has 0 aliphatic carbocycles. The van der Waals surface area contributed by atoms with Crippen LogP contribution in [-0.4, -0.2) is 4.98 Å². The summed E-state index contributed by atoms with van der Waals surface area (Å²) in [4.78, 5) is 4.57. The second kappa shape index (κ2) is 7.00. The van der Waals surface area contributed by atoms with Gasteiger partial charge in [-0.1, -0.05) is 59.4 Å². The van der Waals surface area contributed by atoms with Crippen molar-refractivity contribution in [2.75, 3.05) is 0 Å². The van der Waals surface area contributed by atoms with Crippen molar-refractivity contribution in [1.29, 1.82) is 0 Å². The first-order valence-electron chi connectivity index (χ1n) is 5.63. The Morgan fingerprint density at radius 3 is 2.19 bits per heavy atom. The van der Waals surface area contributed by atoms with E-state index in [1.54, 1.807) is 0 Å². The minimum absolute atomic E-state index is 0. The number of aromatic nitrogens is 1. The molecular formula is C15H23N. The van der Waals surface area contributed by atoms with Crippen LogP contribution in [0.1, 0.15) is 46.7 Å². The van der Waals surface area contributed by atoms with Crippen LogP contribution in [0.4, 0.5) is 0 Å². The summed E-state index contributed by atoms with van der Waals surface area (Å²) in [6.07, 6.45) is 0. The molecule has 0 saturated carbocycles. The second-order valence-electron chi connectivity index (χ2n) is 3.58. The molecule has 0 bridgehead atoms. The van der Waals surface area contributed by atoms with Crippen LogP contribution >= 0.6 is 0 Å². The van der Waals surface area contributed by atoms with Crippen LogP contribution in [0, 0.1) is 0 Å². The molecule has 0 amide bonds. The minimum atomic E-state index is 0. The summed E-state index contributed by atoms with van der Waals surface area (Å²) < 4.78 is 0. The van der Waals surface area contributed by atoms with Gasteiger partial charge in [0.1, 0.15) is 0 Å². The van der Waals surface area contributed by atoms with Crippen molar-refractivity contribution in [3.63, 3.8) is 0 Å². The number of pyridine rings is 1. The van der Waals surface area contributed by atoms with Crippen molar-refractivity contribution in [3.05, 3.63) is 42.1 Å². The van der Waals surface area contributed by atoms with E-state index in [2.05, 4.69) is 43.1 Å². The van der Waals surface area contributed by atoms with E-state index in [4.69, 9.17) is 0 Å². The molecule has 0 N–H and O–H groups in total. The molecule has 0 spiro atoms. The maximum atomic E-state index is 4.57. The summed E-state index contributed by atoms with van der Waals surface area (Å²) in [6.45, 7) is 8.33. The van der Waals surface area contributed by atoms with Gasteiger partial charge in [0.15, 0.2) is 0 Å². The molecule has 88 valence electrons. The maximum Gasteiger partial charge on any atom is 0.0705 e. The SMILES string of the molecule is C.CC.CC(C)c1ccc2ccccc2n1. The lowest BCUT2D eigenvalue weighted by atomic mass is 10.1. The monoisotopic (exact) mass is 217 g/mol. The molecule has 0 aliphatic rings. The Labute approximate surface area is 99.5 Å². The highest BCUT2D eigenvalue weighted by molar-refractivity contribution is 5.78. The van der Waals surface area contributed by atoms with Crippen molar-refractivity contribution in [2.45, 2.75) is 41.0 Å². The fourth-order valence-corrected chi connectivity index (χ4v) is 1.40. The molecule has 1 aromatic carbocycles. The van der Waals surface area contributed by atoms with Gasteiger partial charge >= 0.3 is 0 Å². The van der Waals surface area contributed by atoms with E-state index in [1.165, 1.54) is 11.1 Å². The molecule has 1 heteroatoms. The van der Waals surface area contributed by atoms with Crippen molar-refractivity contribution in [1.82, 2.24) is 4.98 Å². The third-order valence-electron chi connectivity index (χ3n) is 2.21. The van der Waals surface area contributed by atoms with E-state index in [1.807, 2.05) is 26.0 Å². The topological polar surface area (TPSA) is 12.9 Å². The van der Waals surface area contributed by atoms with E-state index in [0.29, 0.717) is 5.92 Å². The number of para-hydroxylation sites is 1. The van der Waals surface area contributed by atoms with Crippen LogP contribution in [0.2, 0.25) is 0 Å². The van der Waals surface area contributed by atoms with Gasteiger partial charge < -0.3 is 0 Å². The van der Waals surface area contributed by atoms with Crippen LogP contribution in [0.25, 0.3) is 10.9 Å².